The lowest BCUT2D eigenvalue weighted by Crippen LogP contribution is -2.40. The van der Waals surface area contributed by atoms with E-state index in [0.717, 1.165) is 11.3 Å². The zero-order chi connectivity index (χ0) is 15.1. The van der Waals surface area contributed by atoms with E-state index in [-0.39, 0.29) is 18.9 Å². The number of nitrogens with zero attached hydrogens (tertiary/aromatic N) is 1. The number of hydrogen-bond acceptors (Lipinski definition) is 2. The summed E-state index contributed by atoms with van der Waals surface area (Å²) in [7, 11) is 0. The van der Waals surface area contributed by atoms with Crippen LogP contribution in [0.2, 0.25) is 0 Å². The van der Waals surface area contributed by atoms with Gasteiger partial charge >= 0.3 is 6.18 Å². The smallest absolute Gasteiger partial charge is 0.334 e. The summed E-state index contributed by atoms with van der Waals surface area (Å²) in [4.78, 5) is 12.8. The second-order valence-corrected chi connectivity index (χ2v) is 5.37. The Balaban J connectivity index is 4.53. The number of rotatable bonds is 8. The molecule has 0 saturated carbocycles. The average Bonchev–Trinajstić information content (AvgIpc) is 2.25. The van der Waals surface area contributed by atoms with Gasteiger partial charge in [-0.2, -0.15) is 13.2 Å². The van der Waals surface area contributed by atoms with Crippen LogP contribution in [0.15, 0.2) is 0 Å². The van der Waals surface area contributed by atoms with Crippen molar-refractivity contribution in [2.45, 2.75) is 46.2 Å². The molecule has 0 aliphatic rings. The number of amides is 1. The lowest BCUT2D eigenvalue weighted by Gasteiger charge is -2.26. The van der Waals surface area contributed by atoms with E-state index in [2.05, 4.69) is 0 Å². The van der Waals surface area contributed by atoms with Gasteiger partial charge in [0.1, 0.15) is 6.54 Å². The molecule has 0 bridgehead atoms. The lowest BCUT2D eigenvalue weighted by molar-refractivity contribution is -0.161. The largest absolute Gasteiger partial charge is 0.406 e. The third kappa shape index (κ3) is 8.86. The highest BCUT2D eigenvalue weighted by Gasteiger charge is 2.33. The van der Waals surface area contributed by atoms with E-state index in [1.807, 2.05) is 13.8 Å². The zero-order valence-corrected chi connectivity index (χ0v) is 12.0. The van der Waals surface area contributed by atoms with Gasteiger partial charge in [0, 0.05) is 13.0 Å². The van der Waals surface area contributed by atoms with Crippen molar-refractivity contribution in [3.8, 4) is 0 Å². The molecule has 0 rings (SSSR count). The highest BCUT2D eigenvalue weighted by Crippen LogP contribution is 2.20. The van der Waals surface area contributed by atoms with Crippen molar-refractivity contribution < 1.29 is 18.0 Å². The Hall–Kier alpha value is -0.780. The molecule has 19 heavy (non-hydrogen) atoms. The second kappa shape index (κ2) is 8.40. The summed E-state index contributed by atoms with van der Waals surface area (Å²) in [6, 6.07) is 0. The molecule has 0 spiro atoms. The molecule has 1 atom stereocenters. The molecule has 0 heterocycles. The van der Waals surface area contributed by atoms with Crippen LogP contribution in [-0.2, 0) is 4.79 Å². The molecule has 0 aromatic rings. The van der Waals surface area contributed by atoms with Crippen LogP contribution in [0, 0.1) is 11.8 Å². The molecule has 0 unspecified atom stereocenters. The van der Waals surface area contributed by atoms with Crippen LogP contribution in [0.25, 0.3) is 0 Å². The Bertz CT molecular complexity index is 267. The molecule has 114 valence electrons. The molecule has 0 aliphatic carbocycles. The second-order valence-electron chi connectivity index (χ2n) is 5.37. The topological polar surface area (TPSA) is 46.3 Å². The van der Waals surface area contributed by atoms with E-state index in [1.54, 1.807) is 6.92 Å². The first-order valence-corrected chi connectivity index (χ1v) is 6.74. The van der Waals surface area contributed by atoms with Crippen LogP contribution < -0.4 is 5.73 Å². The van der Waals surface area contributed by atoms with Gasteiger partial charge in [-0.1, -0.05) is 20.8 Å². The first-order valence-electron chi connectivity index (χ1n) is 6.74. The predicted molar refractivity (Wildman–Crippen MR) is 69.5 cm³/mol. The molecule has 0 fully saturated rings. The summed E-state index contributed by atoms with van der Waals surface area (Å²) in [6.45, 7) is 5.07. The van der Waals surface area contributed by atoms with E-state index in [0.29, 0.717) is 18.9 Å². The summed E-state index contributed by atoms with van der Waals surface area (Å²) in [5.41, 5.74) is 5.58. The summed E-state index contributed by atoms with van der Waals surface area (Å²) >= 11 is 0. The molecule has 6 heteroatoms. The first kappa shape index (κ1) is 18.2. The third-order valence-electron chi connectivity index (χ3n) is 2.82. The van der Waals surface area contributed by atoms with Crippen molar-refractivity contribution in [2.75, 3.05) is 19.6 Å². The van der Waals surface area contributed by atoms with Gasteiger partial charge in [-0.05, 0) is 31.2 Å². The highest BCUT2D eigenvalue weighted by atomic mass is 19.4. The van der Waals surface area contributed by atoms with Crippen molar-refractivity contribution in [2.24, 2.45) is 17.6 Å². The molecule has 3 nitrogen and oxygen atoms in total. The zero-order valence-electron chi connectivity index (χ0n) is 12.0. The number of hydrogen-bond donors (Lipinski definition) is 1. The molecular weight excluding hydrogens is 257 g/mol. The summed E-state index contributed by atoms with van der Waals surface area (Å²) in [5.74, 6) is -0.112. The van der Waals surface area contributed by atoms with Crippen molar-refractivity contribution >= 4 is 5.91 Å². The SMILES string of the molecule is CCCN(CC(F)(F)F)C(=O)C[C@@H](CN)CC(C)C. The van der Waals surface area contributed by atoms with Gasteiger partial charge in [0.05, 0.1) is 0 Å². The summed E-state index contributed by atoms with van der Waals surface area (Å²) < 4.78 is 37.2. The van der Waals surface area contributed by atoms with Crippen LogP contribution in [0.5, 0.6) is 0 Å². The highest BCUT2D eigenvalue weighted by molar-refractivity contribution is 5.76. The van der Waals surface area contributed by atoms with Gasteiger partial charge in [0.2, 0.25) is 5.91 Å². The minimum absolute atomic E-state index is 0.0416. The molecule has 1 amide bonds. The van der Waals surface area contributed by atoms with Crippen LogP contribution in [0.3, 0.4) is 0 Å². The Morgan fingerprint density at radius 3 is 2.26 bits per heavy atom. The molecule has 0 radical (unpaired) electrons. The van der Waals surface area contributed by atoms with E-state index < -0.39 is 18.6 Å². The fraction of sp³-hybridized carbons (Fsp3) is 0.923. The van der Waals surface area contributed by atoms with Crippen molar-refractivity contribution in [3.05, 3.63) is 0 Å². The fourth-order valence-electron chi connectivity index (χ4n) is 2.08. The molecule has 0 aromatic heterocycles. The van der Waals surface area contributed by atoms with Crippen LogP contribution in [0.4, 0.5) is 13.2 Å². The molecule has 0 aliphatic heterocycles. The van der Waals surface area contributed by atoms with Gasteiger partial charge in [-0.25, -0.2) is 0 Å². The molecular formula is C13H25F3N2O. The van der Waals surface area contributed by atoms with Gasteiger partial charge in [0.25, 0.3) is 0 Å². The number of nitrogens with two attached hydrogens (primary N) is 1. The quantitative estimate of drug-likeness (QED) is 0.744. The standard InChI is InChI=1S/C13H25F3N2O/c1-4-5-18(9-13(14,15)16)12(19)7-11(8-17)6-10(2)3/h10-11H,4-9,17H2,1-3H3/t11-/m0/s1. The number of carbonyl (C=O) groups is 1. The predicted octanol–water partition coefficient (Wildman–Crippen LogP) is 2.80. The van der Waals surface area contributed by atoms with Gasteiger partial charge in [0.15, 0.2) is 0 Å². The molecule has 2 N–H and O–H groups in total. The normalized spacial score (nSPS) is 13.7. The molecule has 0 saturated heterocycles. The maximum atomic E-state index is 12.4. The Labute approximate surface area is 113 Å². The number of carbonyl (C=O) groups excluding carboxylic acids is 1. The molecule has 0 aromatic carbocycles. The van der Waals surface area contributed by atoms with Crippen LogP contribution in [0.1, 0.15) is 40.0 Å². The Morgan fingerprint density at radius 1 is 1.32 bits per heavy atom. The number of halogens is 3. The minimum Gasteiger partial charge on any atom is -0.334 e. The van der Waals surface area contributed by atoms with Crippen LogP contribution >= 0.6 is 0 Å². The van der Waals surface area contributed by atoms with E-state index in [4.69, 9.17) is 5.73 Å². The van der Waals surface area contributed by atoms with E-state index in [1.165, 1.54) is 0 Å². The van der Waals surface area contributed by atoms with Crippen molar-refractivity contribution in [1.82, 2.24) is 4.90 Å². The Morgan fingerprint density at radius 2 is 1.89 bits per heavy atom. The maximum absolute atomic E-state index is 12.4. The monoisotopic (exact) mass is 282 g/mol. The summed E-state index contributed by atoms with van der Waals surface area (Å²) in [5, 5.41) is 0. The minimum atomic E-state index is -4.35. The van der Waals surface area contributed by atoms with Gasteiger partial charge < -0.3 is 10.6 Å². The van der Waals surface area contributed by atoms with Gasteiger partial charge in [-0.3, -0.25) is 4.79 Å². The number of alkyl halides is 3. The Kier molecular flexibility index (Phi) is 8.06. The van der Waals surface area contributed by atoms with E-state index >= 15 is 0 Å². The summed E-state index contributed by atoms with van der Waals surface area (Å²) in [6.07, 6.45) is -2.97. The van der Waals surface area contributed by atoms with E-state index in [9.17, 15) is 18.0 Å². The first-order chi connectivity index (χ1) is 8.69. The maximum Gasteiger partial charge on any atom is 0.406 e. The van der Waals surface area contributed by atoms with Crippen molar-refractivity contribution in [1.29, 1.82) is 0 Å². The van der Waals surface area contributed by atoms with Gasteiger partial charge in [-0.15, -0.1) is 0 Å². The van der Waals surface area contributed by atoms with Crippen molar-refractivity contribution in [3.63, 3.8) is 0 Å². The average molecular weight is 282 g/mol. The lowest BCUT2D eigenvalue weighted by atomic mass is 9.93. The van der Waals surface area contributed by atoms with Crippen LogP contribution in [-0.4, -0.2) is 36.6 Å². The third-order valence-corrected chi connectivity index (χ3v) is 2.82. The fourth-order valence-corrected chi connectivity index (χ4v) is 2.08.